The molecule has 22 heteroatoms. The number of aromatic nitrogens is 4. The second-order valence-electron chi connectivity index (χ2n) is 13.8. The molecule has 0 saturated heterocycles. The van der Waals surface area contributed by atoms with Gasteiger partial charge in [0.2, 0.25) is 11.9 Å². The molecular formula is C43H32F4IN7O8S2. The van der Waals surface area contributed by atoms with E-state index in [2.05, 4.69) is 44.4 Å². The van der Waals surface area contributed by atoms with Gasteiger partial charge in [0.15, 0.2) is 11.2 Å². The normalized spacial score (nSPS) is 12.5. The molecule has 0 aliphatic rings. The molecule has 0 saturated carbocycles. The first-order valence-electron chi connectivity index (χ1n) is 18.9. The molecule has 0 radical (unpaired) electrons. The van der Waals surface area contributed by atoms with Gasteiger partial charge in [0.25, 0.3) is 20.0 Å². The van der Waals surface area contributed by atoms with E-state index < -0.39 is 77.0 Å². The van der Waals surface area contributed by atoms with Crippen LogP contribution in [0.25, 0.3) is 22.2 Å². The van der Waals surface area contributed by atoms with E-state index in [1.165, 1.54) is 33.4 Å². The maximum atomic E-state index is 15.0. The summed E-state index contributed by atoms with van der Waals surface area (Å²) >= 11 is 2.13. The van der Waals surface area contributed by atoms with Crippen molar-refractivity contribution in [3.8, 4) is 11.8 Å². The summed E-state index contributed by atoms with van der Waals surface area (Å²) in [6, 6.07) is 24.0. The fraction of sp³-hybridized carbons (Fsp3) is 0.116. The first kappa shape index (κ1) is 46.2. The summed E-state index contributed by atoms with van der Waals surface area (Å²) < 4.78 is 125. The Labute approximate surface area is 380 Å². The second-order valence-corrected chi connectivity index (χ2v) is 18.3. The highest BCUT2D eigenvalue weighted by molar-refractivity contribution is 14.1. The number of anilines is 2. The van der Waals surface area contributed by atoms with Crippen LogP contribution in [0, 0.1) is 38.9 Å². The first-order chi connectivity index (χ1) is 30.9. The Hall–Kier alpha value is -6.81. The van der Waals surface area contributed by atoms with E-state index in [-0.39, 0.29) is 40.4 Å². The Morgan fingerprint density at radius 2 is 1.11 bits per heavy atom. The maximum absolute atomic E-state index is 15.0. The maximum Gasteiger partial charge on any atom is 0.420 e. The lowest BCUT2D eigenvalue weighted by Gasteiger charge is -2.15. The van der Waals surface area contributed by atoms with Crippen LogP contribution in [0.2, 0.25) is 0 Å². The number of nitrogens with one attached hydrogen (secondary N) is 2. The number of nitrogens with zero attached hydrogens (tertiary/aromatic N) is 4. The van der Waals surface area contributed by atoms with E-state index >= 15 is 0 Å². The monoisotopic (exact) mass is 1040 g/mol. The zero-order valence-corrected chi connectivity index (χ0v) is 37.4. The van der Waals surface area contributed by atoms with E-state index in [0.29, 0.717) is 11.1 Å². The smallest absolute Gasteiger partial charge is 0.408 e. The molecule has 65 heavy (non-hydrogen) atoms. The average molecular weight is 1040 g/mol. The minimum absolute atomic E-state index is 0.0550. The molecule has 4 heterocycles. The third-order valence-corrected chi connectivity index (χ3v) is 13.4. The van der Waals surface area contributed by atoms with Crippen LogP contribution in [0.5, 0.6) is 0 Å². The molecule has 15 nitrogen and oxygen atoms in total. The third kappa shape index (κ3) is 9.82. The number of halogens is 5. The number of hydrogen-bond acceptors (Lipinski definition) is 11. The van der Waals surface area contributed by atoms with E-state index in [4.69, 9.17) is 14.6 Å². The number of oxazole rings is 2. The molecular weight excluding hydrogens is 1010 g/mol. The standard InChI is InChI=1S/C23H18F2N4O4S.C20H14F2IN3O4S/c1-14(16-8-3-2-6-15(16)7-5-11-26)29-18-12-17(24)20(13-19(18)33-23(29)30)34(31,32)28-22-10-4-9-21(25)27-22;1-11(12-5-2-3-6-14(12)23)26-15-9-13(21)17(10-16(15)30-20(26)27)31(28,29)25-19-8-4-7-18(22)24-19/h2-4,6,8-10,12-14H,11,26H2,1H3,(H,27,28);2-11H,1H3,(H,24,25)/t14-;11-/m11/s1. The number of pyridine rings is 2. The summed E-state index contributed by atoms with van der Waals surface area (Å²) in [5.41, 5.74) is 7.50. The highest BCUT2D eigenvalue weighted by Crippen LogP contribution is 2.31. The van der Waals surface area contributed by atoms with Gasteiger partial charge in [-0.25, -0.2) is 45.2 Å². The number of fused-ring (bicyclic) bond motifs is 2. The van der Waals surface area contributed by atoms with E-state index in [0.717, 1.165) is 45.5 Å². The van der Waals surface area contributed by atoms with Crippen LogP contribution in [0.1, 0.15) is 42.6 Å². The minimum Gasteiger partial charge on any atom is -0.408 e. The van der Waals surface area contributed by atoms with Crippen LogP contribution >= 0.6 is 22.6 Å². The summed E-state index contributed by atoms with van der Waals surface area (Å²) in [4.78, 5) is 30.5. The Balaban J connectivity index is 0.000000195. The molecule has 0 unspecified atom stereocenters. The fourth-order valence-corrected chi connectivity index (χ4v) is 9.74. The molecule has 2 atom stereocenters. The van der Waals surface area contributed by atoms with Gasteiger partial charge in [0, 0.05) is 33.4 Å². The summed E-state index contributed by atoms with van der Waals surface area (Å²) in [7, 11) is -8.96. The zero-order valence-electron chi connectivity index (χ0n) is 33.6. The number of nitrogens with two attached hydrogens (primary N) is 1. The first-order valence-corrected chi connectivity index (χ1v) is 22.9. The van der Waals surface area contributed by atoms with Gasteiger partial charge >= 0.3 is 11.5 Å². The lowest BCUT2D eigenvalue weighted by Crippen LogP contribution is -2.20. The van der Waals surface area contributed by atoms with Crippen molar-refractivity contribution < 1.29 is 43.2 Å². The van der Waals surface area contributed by atoms with Crippen LogP contribution in [-0.2, 0) is 20.0 Å². The summed E-state index contributed by atoms with van der Waals surface area (Å²) in [6.07, 6.45) is 0. The molecule has 0 bridgehead atoms. The van der Waals surface area contributed by atoms with Crippen LogP contribution in [-0.4, -0.2) is 42.5 Å². The molecule has 0 aliphatic heterocycles. The minimum atomic E-state index is -4.50. The Kier molecular flexibility index (Phi) is 13.3. The highest BCUT2D eigenvalue weighted by atomic mass is 127. The fourth-order valence-electron chi connectivity index (χ4n) is 6.75. The van der Waals surface area contributed by atoms with Crippen molar-refractivity contribution >= 4 is 76.5 Å². The van der Waals surface area contributed by atoms with Crippen LogP contribution in [0.4, 0.5) is 29.2 Å². The van der Waals surface area contributed by atoms with Crippen LogP contribution < -0.4 is 26.7 Å². The number of sulfonamides is 2. The van der Waals surface area contributed by atoms with Crippen molar-refractivity contribution in [2.24, 2.45) is 5.73 Å². The van der Waals surface area contributed by atoms with Gasteiger partial charge in [0.1, 0.15) is 33.1 Å². The van der Waals surface area contributed by atoms with Gasteiger partial charge in [-0.05, 0) is 84.0 Å². The lowest BCUT2D eigenvalue weighted by molar-refractivity contribution is 0.488. The molecule has 8 aromatic rings. The highest BCUT2D eigenvalue weighted by Gasteiger charge is 2.28. The molecule has 0 amide bonds. The third-order valence-electron chi connectivity index (χ3n) is 9.69. The number of rotatable bonds is 10. The largest absolute Gasteiger partial charge is 0.420 e. The van der Waals surface area contributed by atoms with E-state index in [1.807, 2.05) is 33.7 Å². The van der Waals surface area contributed by atoms with Gasteiger partial charge in [0.05, 0.1) is 29.7 Å². The molecule has 0 fully saturated rings. The quantitative estimate of drug-likeness (QED) is 0.0536. The summed E-state index contributed by atoms with van der Waals surface area (Å²) in [6.45, 7) is 3.62. The van der Waals surface area contributed by atoms with Crippen molar-refractivity contribution in [3.05, 3.63) is 174 Å². The van der Waals surface area contributed by atoms with E-state index in [9.17, 15) is 44.0 Å². The predicted molar refractivity (Wildman–Crippen MR) is 240 cm³/mol. The number of hydrogen-bond donors (Lipinski definition) is 3. The van der Waals surface area contributed by atoms with Gasteiger partial charge in [-0.2, -0.15) is 8.78 Å². The molecule has 0 aliphatic carbocycles. The van der Waals surface area contributed by atoms with Gasteiger partial charge < -0.3 is 14.6 Å². The van der Waals surface area contributed by atoms with Crippen LogP contribution in [0.15, 0.2) is 137 Å². The molecule has 4 N–H and O–H groups in total. The van der Waals surface area contributed by atoms with Crippen molar-refractivity contribution in [3.63, 3.8) is 0 Å². The Morgan fingerprint density at radius 3 is 1.57 bits per heavy atom. The Morgan fingerprint density at radius 1 is 0.662 bits per heavy atom. The van der Waals surface area contributed by atoms with E-state index in [1.54, 1.807) is 38.1 Å². The molecule has 4 aromatic carbocycles. The van der Waals surface area contributed by atoms with Gasteiger partial charge in [-0.3, -0.25) is 18.6 Å². The SMILES string of the molecule is C[C@H](c1ccccc1C#CCN)n1c(=O)oc2cc(S(=O)(=O)Nc3cccc(F)n3)c(F)cc21.C[C@H](c1ccccc1I)n1c(=O)oc2cc(S(=O)(=O)Nc3cccc(F)n3)c(F)cc21. The topological polar surface area (TPSA) is 214 Å². The molecule has 8 rings (SSSR count). The van der Waals surface area contributed by atoms with Crippen molar-refractivity contribution in [1.82, 2.24) is 19.1 Å². The summed E-state index contributed by atoms with van der Waals surface area (Å²) in [5.74, 6) is -0.551. The van der Waals surface area contributed by atoms with Gasteiger partial charge in [-0.15, -0.1) is 0 Å². The van der Waals surface area contributed by atoms with Crippen molar-refractivity contribution in [1.29, 1.82) is 0 Å². The van der Waals surface area contributed by atoms with Crippen LogP contribution in [0.3, 0.4) is 0 Å². The molecule has 4 aromatic heterocycles. The van der Waals surface area contributed by atoms with Crippen molar-refractivity contribution in [2.45, 2.75) is 35.7 Å². The molecule has 334 valence electrons. The Bertz CT molecular complexity index is 3550. The number of benzene rings is 4. The average Bonchev–Trinajstić information content (AvgIpc) is 3.75. The molecule has 0 spiro atoms. The summed E-state index contributed by atoms with van der Waals surface area (Å²) in [5, 5.41) is 0. The zero-order chi connectivity index (χ0) is 46.8. The lowest BCUT2D eigenvalue weighted by atomic mass is 10.0. The van der Waals surface area contributed by atoms with Gasteiger partial charge in [-0.1, -0.05) is 60.4 Å². The predicted octanol–water partition coefficient (Wildman–Crippen LogP) is 7.27. The van der Waals surface area contributed by atoms with Crippen molar-refractivity contribution in [2.75, 3.05) is 16.0 Å². The second kappa shape index (κ2) is 18.7.